The van der Waals surface area contributed by atoms with Gasteiger partial charge in [-0.15, -0.1) is 22.7 Å². The van der Waals surface area contributed by atoms with Crippen LogP contribution in [0.25, 0.3) is 31.8 Å². The standard InChI is InChI=1S/C24H18O4S2/c1-27-23(25)17(12-18-11-15-7-3-5-9-20(15)29-18)13-19(24(26)28-2)22-14-16-8-4-6-10-21(16)30-22/h3-14H,1-2H3/b17-12-,19-13-. The van der Waals surface area contributed by atoms with Gasteiger partial charge in [0.25, 0.3) is 0 Å². The number of hydrogen-bond acceptors (Lipinski definition) is 6. The third-order valence-electron chi connectivity index (χ3n) is 4.56. The number of carbonyl (C=O) groups excluding carboxylic acids is 2. The predicted molar refractivity (Wildman–Crippen MR) is 124 cm³/mol. The van der Waals surface area contributed by atoms with Crippen LogP contribution in [0, 0.1) is 0 Å². The molecule has 0 aliphatic carbocycles. The molecule has 4 nitrogen and oxygen atoms in total. The number of methoxy groups -OCH3 is 2. The second kappa shape index (κ2) is 8.65. The molecule has 0 aliphatic rings. The van der Waals surface area contributed by atoms with Crippen molar-refractivity contribution in [2.45, 2.75) is 0 Å². The van der Waals surface area contributed by atoms with Crippen LogP contribution in [0.4, 0.5) is 0 Å². The largest absolute Gasteiger partial charge is 0.465 e. The van der Waals surface area contributed by atoms with Crippen LogP contribution in [0.3, 0.4) is 0 Å². The zero-order valence-electron chi connectivity index (χ0n) is 16.4. The Morgan fingerprint density at radius 1 is 0.800 bits per heavy atom. The van der Waals surface area contributed by atoms with Crippen LogP contribution in [0.15, 0.2) is 72.3 Å². The smallest absolute Gasteiger partial charge is 0.339 e. The van der Waals surface area contributed by atoms with Crippen LogP contribution in [0.2, 0.25) is 0 Å². The highest BCUT2D eigenvalue weighted by Crippen LogP contribution is 2.33. The van der Waals surface area contributed by atoms with Gasteiger partial charge < -0.3 is 9.47 Å². The molecule has 2 heterocycles. The highest BCUT2D eigenvalue weighted by molar-refractivity contribution is 7.20. The number of esters is 2. The van der Waals surface area contributed by atoms with Crippen molar-refractivity contribution >= 4 is 66.4 Å². The lowest BCUT2D eigenvalue weighted by Gasteiger charge is -2.05. The van der Waals surface area contributed by atoms with Crippen LogP contribution in [0.1, 0.15) is 9.75 Å². The molecule has 2 aromatic heterocycles. The maximum Gasteiger partial charge on any atom is 0.339 e. The summed E-state index contributed by atoms with van der Waals surface area (Å²) in [6.45, 7) is 0. The van der Waals surface area contributed by atoms with Gasteiger partial charge in [0.1, 0.15) is 0 Å². The quantitative estimate of drug-likeness (QED) is 0.222. The molecule has 0 unspecified atom stereocenters. The lowest BCUT2D eigenvalue weighted by Crippen LogP contribution is -2.07. The number of thiophene rings is 2. The van der Waals surface area contributed by atoms with E-state index in [2.05, 4.69) is 0 Å². The second-order valence-electron chi connectivity index (χ2n) is 6.48. The molecule has 150 valence electrons. The fraction of sp³-hybridized carbons (Fsp3) is 0.0833. The molecular formula is C24H18O4S2. The molecular weight excluding hydrogens is 416 g/mol. The number of hydrogen-bond donors (Lipinski definition) is 0. The Hall–Kier alpha value is -3.22. The number of benzene rings is 2. The third kappa shape index (κ3) is 4.06. The monoisotopic (exact) mass is 434 g/mol. The Balaban J connectivity index is 1.84. The number of ether oxygens (including phenoxy) is 2. The number of fused-ring (bicyclic) bond motifs is 2. The van der Waals surface area contributed by atoms with E-state index in [4.69, 9.17) is 9.47 Å². The van der Waals surface area contributed by atoms with Gasteiger partial charge in [-0.25, -0.2) is 9.59 Å². The lowest BCUT2D eigenvalue weighted by atomic mass is 10.1. The van der Waals surface area contributed by atoms with Gasteiger partial charge in [-0.2, -0.15) is 0 Å². The molecule has 0 saturated carbocycles. The van der Waals surface area contributed by atoms with Crippen molar-refractivity contribution in [1.29, 1.82) is 0 Å². The van der Waals surface area contributed by atoms with Gasteiger partial charge in [-0.1, -0.05) is 36.4 Å². The van der Waals surface area contributed by atoms with Gasteiger partial charge >= 0.3 is 11.9 Å². The summed E-state index contributed by atoms with van der Waals surface area (Å²) in [5.74, 6) is -1.03. The Bertz CT molecular complexity index is 1240. The molecule has 4 rings (SSSR count). The molecule has 30 heavy (non-hydrogen) atoms. The van der Waals surface area contributed by atoms with Crippen molar-refractivity contribution in [1.82, 2.24) is 0 Å². The maximum atomic E-state index is 12.6. The molecule has 0 saturated heterocycles. The van der Waals surface area contributed by atoms with Crippen molar-refractivity contribution in [2.75, 3.05) is 14.2 Å². The summed E-state index contributed by atoms with van der Waals surface area (Å²) in [6, 6.07) is 19.8. The zero-order chi connectivity index (χ0) is 21.1. The molecule has 0 radical (unpaired) electrons. The predicted octanol–water partition coefficient (Wildman–Crippen LogP) is 5.93. The molecule has 2 aromatic carbocycles. The van der Waals surface area contributed by atoms with E-state index in [1.165, 1.54) is 25.6 Å². The molecule has 6 heteroatoms. The van der Waals surface area contributed by atoms with E-state index in [-0.39, 0.29) is 5.57 Å². The van der Waals surface area contributed by atoms with E-state index in [1.54, 1.807) is 23.5 Å². The van der Waals surface area contributed by atoms with Crippen LogP contribution in [-0.4, -0.2) is 26.2 Å². The summed E-state index contributed by atoms with van der Waals surface area (Å²) in [5, 5.41) is 2.13. The van der Waals surface area contributed by atoms with Crippen LogP contribution >= 0.6 is 22.7 Å². The van der Waals surface area contributed by atoms with E-state index in [0.717, 1.165) is 29.9 Å². The minimum absolute atomic E-state index is 0.280. The van der Waals surface area contributed by atoms with Crippen molar-refractivity contribution in [3.05, 3.63) is 82.1 Å². The van der Waals surface area contributed by atoms with Crippen molar-refractivity contribution < 1.29 is 19.1 Å². The fourth-order valence-electron chi connectivity index (χ4n) is 3.11. The average Bonchev–Trinajstić information content (AvgIpc) is 3.38. The summed E-state index contributed by atoms with van der Waals surface area (Å²) < 4.78 is 12.1. The van der Waals surface area contributed by atoms with E-state index in [0.29, 0.717) is 5.57 Å². The topological polar surface area (TPSA) is 52.6 Å². The summed E-state index contributed by atoms with van der Waals surface area (Å²) in [6.07, 6.45) is 3.29. The Morgan fingerprint density at radius 2 is 1.40 bits per heavy atom. The van der Waals surface area contributed by atoms with E-state index >= 15 is 0 Å². The normalized spacial score (nSPS) is 12.3. The van der Waals surface area contributed by atoms with Gasteiger partial charge in [-0.3, -0.25) is 0 Å². The highest BCUT2D eigenvalue weighted by atomic mass is 32.1. The van der Waals surface area contributed by atoms with Gasteiger partial charge in [0.15, 0.2) is 0 Å². The first-order chi connectivity index (χ1) is 14.6. The fourth-order valence-corrected chi connectivity index (χ4v) is 5.20. The molecule has 0 bridgehead atoms. The Kier molecular flexibility index (Phi) is 5.79. The first-order valence-electron chi connectivity index (χ1n) is 9.16. The lowest BCUT2D eigenvalue weighted by molar-refractivity contribution is -0.135. The number of carbonyl (C=O) groups is 2. The summed E-state index contributed by atoms with van der Waals surface area (Å²) in [7, 11) is 2.66. The van der Waals surface area contributed by atoms with E-state index in [1.807, 2.05) is 60.7 Å². The first-order valence-corrected chi connectivity index (χ1v) is 10.8. The van der Waals surface area contributed by atoms with E-state index in [9.17, 15) is 9.59 Å². The molecule has 0 amide bonds. The van der Waals surface area contributed by atoms with Gasteiger partial charge in [0.05, 0.1) is 25.4 Å². The maximum absolute atomic E-state index is 12.6. The minimum Gasteiger partial charge on any atom is -0.465 e. The van der Waals surface area contributed by atoms with Crippen LogP contribution in [-0.2, 0) is 19.1 Å². The van der Waals surface area contributed by atoms with E-state index < -0.39 is 11.9 Å². The number of rotatable bonds is 5. The molecule has 0 atom stereocenters. The van der Waals surface area contributed by atoms with Crippen molar-refractivity contribution in [3.63, 3.8) is 0 Å². The molecule has 0 spiro atoms. The SMILES string of the molecule is COC(=O)C(=C\c1cc2ccccc2s1)/C=C(\C(=O)OC)c1cc2ccccc2s1. The van der Waals surface area contributed by atoms with Crippen LogP contribution < -0.4 is 0 Å². The molecule has 4 aromatic rings. The second-order valence-corrected chi connectivity index (χ2v) is 8.68. The molecule has 0 N–H and O–H groups in total. The van der Waals surface area contributed by atoms with Gasteiger partial charge in [-0.05, 0) is 47.2 Å². The Labute approximate surface area is 181 Å². The summed E-state index contributed by atoms with van der Waals surface area (Å²) >= 11 is 3.04. The van der Waals surface area contributed by atoms with Gasteiger partial charge in [0.2, 0.25) is 0 Å². The average molecular weight is 435 g/mol. The zero-order valence-corrected chi connectivity index (χ0v) is 18.0. The highest BCUT2D eigenvalue weighted by Gasteiger charge is 2.19. The summed E-state index contributed by atoms with van der Waals surface area (Å²) in [5.41, 5.74) is 0.596. The van der Waals surface area contributed by atoms with Crippen molar-refractivity contribution in [2.24, 2.45) is 0 Å². The minimum atomic E-state index is -0.519. The molecule has 0 aliphatic heterocycles. The first kappa shape index (κ1) is 20.1. The van der Waals surface area contributed by atoms with Crippen molar-refractivity contribution in [3.8, 4) is 0 Å². The summed E-state index contributed by atoms with van der Waals surface area (Å²) in [4.78, 5) is 26.7. The van der Waals surface area contributed by atoms with Crippen LogP contribution in [0.5, 0.6) is 0 Å². The Morgan fingerprint density at radius 3 is 2.00 bits per heavy atom. The van der Waals surface area contributed by atoms with Gasteiger partial charge in [0, 0.05) is 19.2 Å². The molecule has 0 fully saturated rings. The third-order valence-corrected chi connectivity index (χ3v) is 6.77.